The number of alkyl halides is 2. The van der Waals surface area contributed by atoms with Gasteiger partial charge in [-0.15, -0.1) is 24.0 Å². The molecule has 0 unspecified atom stereocenters. The quantitative estimate of drug-likeness (QED) is 0.287. The van der Waals surface area contributed by atoms with Crippen LogP contribution >= 0.6 is 24.0 Å². The Hall–Kier alpha value is -2.30. The first-order chi connectivity index (χ1) is 13.9. The van der Waals surface area contributed by atoms with Crippen LogP contribution in [0.3, 0.4) is 0 Å². The van der Waals surface area contributed by atoms with Gasteiger partial charge in [-0.25, -0.2) is 4.99 Å². The van der Waals surface area contributed by atoms with Crippen LogP contribution in [0.5, 0.6) is 11.5 Å². The number of halogens is 3. The number of nitrogens with one attached hydrogen (secondary N) is 2. The normalized spacial score (nSPS) is 11.0. The summed E-state index contributed by atoms with van der Waals surface area (Å²) in [7, 11) is 5.50. The average molecular weight is 534 g/mol. The van der Waals surface area contributed by atoms with Gasteiger partial charge in [0.1, 0.15) is 11.5 Å². The number of rotatable bonds is 9. The van der Waals surface area contributed by atoms with Crippen LogP contribution in [0.25, 0.3) is 0 Å². The van der Waals surface area contributed by atoms with Gasteiger partial charge in [-0.2, -0.15) is 8.78 Å². The Labute approximate surface area is 193 Å². The van der Waals surface area contributed by atoms with Gasteiger partial charge in [-0.05, 0) is 42.8 Å². The van der Waals surface area contributed by atoms with Crippen molar-refractivity contribution in [2.45, 2.75) is 26.6 Å². The first-order valence-corrected chi connectivity index (χ1v) is 9.33. The Kier molecular flexibility index (Phi) is 11.2. The van der Waals surface area contributed by atoms with Crippen LogP contribution in [0, 0.1) is 0 Å². The molecule has 0 amide bonds. The molecule has 9 heteroatoms. The average Bonchev–Trinajstić information content (AvgIpc) is 2.70. The highest BCUT2D eigenvalue weighted by Crippen LogP contribution is 2.25. The number of hydrogen-bond donors (Lipinski definition) is 2. The van der Waals surface area contributed by atoms with Crippen molar-refractivity contribution in [2.75, 3.05) is 32.6 Å². The van der Waals surface area contributed by atoms with E-state index in [9.17, 15) is 8.78 Å². The molecule has 0 saturated heterocycles. The van der Waals surface area contributed by atoms with Crippen molar-refractivity contribution in [1.29, 1.82) is 0 Å². The molecule has 0 aliphatic heterocycles. The van der Waals surface area contributed by atoms with Gasteiger partial charge < -0.3 is 25.0 Å². The van der Waals surface area contributed by atoms with Crippen LogP contribution in [-0.4, -0.2) is 40.3 Å². The molecule has 6 nitrogen and oxygen atoms in total. The predicted octanol–water partition coefficient (Wildman–Crippen LogP) is 4.24. The van der Waals surface area contributed by atoms with E-state index in [1.165, 1.54) is 13.2 Å². The molecule has 0 saturated carbocycles. The second-order valence-corrected chi connectivity index (χ2v) is 6.47. The Morgan fingerprint density at radius 3 is 2.53 bits per heavy atom. The van der Waals surface area contributed by atoms with E-state index in [1.54, 1.807) is 12.1 Å². The summed E-state index contributed by atoms with van der Waals surface area (Å²) in [5, 5.41) is 6.32. The predicted molar refractivity (Wildman–Crippen MR) is 127 cm³/mol. The van der Waals surface area contributed by atoms with Crippen molar-refractivity contribution in [3.63, 3.8) is 0 Å². The Morgan fingerprint density at radius 1 is 1.13 bits per heavy atom. The second kappa shape index (κ2) is 13.1. The van der Waals surface area contributed by atoms with Crippen LogP contribution in [0.4, 0.5) is 14.5 Å². The van der Waals surface area contributed by atoms with Crippen molar-refractivity contribution in [2.24, 2.45) is 4.99 Å². The second-order valence-electron chi connectivity index (χ2n) is 6.47. The molecule has 0 atom stereocenters. The number of aliphatic imine (C=N–C) groups is 1. The fraction of sp³-hybridized carbons (Fsp3) is 0.381. The van der Waals surface area contributed by atoms with Crippen LogP contribution in [0.1, 0.15) is 18.1 Å². The molecular weight excluding hydrogens is 505 g/mol. The molecule has 0 spiro atoms. The number of anilines is 1. The molecule has 30 heavy (non-hydrogen) atoms. The fourth-order valence-electron chi connectivity index (χ4n) is 2.66. The van der Waals surface area contributed by atoms with Gasteiger partial charge >= 0.3 is 6.61 Å². The van der Waals surface area contributed by atoms with Gasteiger partial charge in [0.25, 0.3) is 0 Å². The van der Waals surface area contributed by atoms with E-state index in [1.807, 2.05) is 44.1 Å². The summed E-state index contributed by atoms with van der Waals surface area (Å²) in [6.45, 7) is 0.467. The molecule has 0 aliphatic carbocycles. The summed E-state index contributed by atoms with van der Waals surface area (Å²) in [4.78, 5) is 6.62. The van der Waals surface area contributed by atoms with E-state index in [0.29, 0.717) is 30.4 Å². The van der Waals surface area contributed by atoms with E-state index in [-0.39, 0.29) is 36.3 Å². The highest BCUT2D eigenvalue weighted by Gasteiger charge is 2.11. The first-order valence-electron chi connectivity index (χ1n) is 9.33. The molecule has 0 fully saturated rings. The summed E-state index contributed by atoms with van der Waals surface area (Å²) in [5.74, 6) is 1.24. The molecule has 2 rings (SSSR count). The van der Waals surface area contributed by atoms with Crippen molar-refractivity contribution < 1.29 is 18.3 Å². The molecule has 0 aromatic heterocycles. The molecule has 0 bridgehead atoms. The van der Waals surface area contributed by atoms with Crippen molar-refractivity contribution in [3.05, 3.63) is 53.6 Å². The van der Waals surface area contributed by atoms with Crippen LogP contribution in [0.15, 0.2) is 47.5 Å². The number of hydrogen-bond acceptors (Lipinski definition) is 4. The molecule has 0 heterocycles. The summed E-state index contributed by atoms with van der Waals surface area (Å²) < 4.78 is 35.2. The highest BCUT2D eigenvalue weighted by atomic mass is 127. The fourth-order valence-corrected chi connectivity index (χ4v) is 2.66. The van der Waals surface area contributed by atoms with Crippen LogP contribution < -0.4 is 25.0 Å². The minimum Gasteiger partial charge on any atom is -0.497 e. The number of methoxy groups -OCH3 is 1. The zero-order valence-corrected chi connectivity index (χ0v) is 19.9. The van der Waals surface area contributed by atoms with Gasteiger partial charge in [-0.3, -0.25) is 0 Å². The lowest BCUT2D eigenvalue weighted by Crippen LogP contribution is -2.36. The van der Waals surface area contributed by atoms with E-state index in [4.69, 9.17) is 4.74 Å². The molecule has 2 aromatic rings. The minimum absolute atomic E-state index is 0. The summed E-state index contributed by atoms with van der Waals surface area (Å²) >= 11 is 0. The molecule has 0 radical (unpaired) electrons. The summed E-state index contributed by atoms with van der Waals surface area (Å²) in [6.07, 6.45) is 0. The standard InChI is InChI=1S/C21H28F2N4O2.HI/c1-5-24-21(25-13-15-7-6-8-17(11-15)27(2)3)26-14-16-12-18(28-4)9-10-19(16)29-20(22)23;/h6-12,20H,5,13-14H2,1-4H3,(H2,24,25,26);1H. The van der Waals surface area contributed by atoms with Crippen molar-refractivity contribution in [1.82, 2.24) is 10.6 Å². The lowest BCUT2D eigenvalue weighted by molar-refractivity contribution is -0.0504. The van der Waals surface area contributed by atoms with E-state index < -0.39 is 6.61 Å². The van der Waals surface area contributed by atoms with Crippen molar-refractivity contribution in [3.8, 4) is 11.5 Å². The molecule has 0 aliphatic rings. The van der Waals surface area contributed by atoms with Gasteiger partial charge in [0, 0.05) is 38.4 Å². The van der Waals surface area contributed by atoms with Gasteiger partial charge in [0.2, 0.25) is 0 Å². The maximum Gasteiger partial charge on any atom is 0.387 e. The number of ether oxygens (including phenoxy) is 2. The number of benzene rings is 2. The number of guanidine groups is 1. The zero-order valence-electron chi connectivity index (χ0n) is 17.6. The Morgan fingerprint density at radius 2 is 1.90 bits per heavy atom. The lowest BCUT2D eigenvalue weighted by atomic mass is 10.2. The van der Waals surface area contributed by atoms with E-state index >= 15 is 0 Å². The monoisotopic (exact) mass is 534 g/mol. The maximum absolute atomic E-state index is 12.7. The highest BCUT2D eigenvalue weighted by molar-refractivity contribution is 14.0. The van der Waals surface area contributed by atoms with Gasteiger partial charge in [-0.1, -0.05) is 12.1 Å². The summed E-state index contributed by atoms with van der Waals surface area (Å²) in [6, 6.07) is 12.8. The number of nitrogens with zero attached hydrogens (tertiary/aromatic N) is 2. The third-order valence-electron chi connectivity index (χ3n) is 4.12. The minimum atomic E-state index is -2.90. The molecule has 2 N–H and O–H groups in total. The summed E-state index contributed by atoms with van der Waals surface area (Å²) in [5.41, 5.74) is 2.71. The van der Waals surface area contributed by atoms with Crippen LogP contribution in [0.2, 0.25) is 0 Å². The Bertz CT molecular complexity index is 819. The largest absolute Gasteiger partial charge is 0.497 e. The van der Waals surface area contributed by atoms with E-state index in [0.717, 1.165) is 11.3 Å². The third kappa shape index (κ3) is 8.21. The zero-order chi connectivity index (χ0) is 21.2. The molecular formula is C21H29F2IN4O2. The van der Waals surface area contributed by atoms with E-state index in [2.05, 4.69) is 26.4 Å². The van der Waals surface area contributed by atoms with Gasteiger partial charge in [0.05, 0.1) is 13.7 Å². The third-order valence-corrected chi connectivity index (χ3v) is 4.12. The van der Waals surface area contributed by atoms with Gasteiger partial charge in [0.15, 0.2) is 5.96 Å². The SMILES string of the molecule is CCNC(=NCc1cccc(N(C)C)c1)NCc1cc(OC)ccc1OC(F)F.I. The molecule has 2 aromatic carbocycles. The van der Waals surface area contributed by atoms with Crippen molar-refractivity contribution >= 4 is 35.6 Å². The topological polar surface area (TPSA) is 58.1 Å². The van der Waals surface area contributed by atoms with Crippen LogP contribution in [-0.2, 0) is 13.1 Å². The first kappa shape index (κ1) is 25.7. The molecule has 166 valence electrons. The smallest absolute Gasteiger partial charge is 0.387 e. The Balaban J connectivity index is 0.00000450. The maximum atomic E-state index is 12.7. The lowest BCUT2D eigenvalue weighted by Gasteiger charge is -2.16.